The first kappa shape index (κ1) is 49.8. The molecule has 0 fully saturated rings. The van der Waals surface area contributed by atoms with Crippen molar-refractivity contribution in [3.63, 3.8) is 0 Å². The smallest absolute Gasteiger partial charge is 0.368 e. The van der Waals surface area contributed by atoms with Gasteiger partial charge in [-0.3, -0.25) is 4.72 Å². The number of aromatic hydroxyl groups is 2. The lowest BCUT2D eigenvalue weighted by atomic mass is 10.0. The SMILES string of the molecule is CCc1cc(CC)cc(OCNc2cc(O)ccc2O)c1.COC(=O)C(C)n1cc(C=C2C(=O)ON=C2c2ccc(NS(=O)(=O)c3cccc(C(=O)OCCC(C)OC)c3)cc2)c2ccccc21. The van der Waals surface area contributed by atoms with Crippen LogP contribution in [0.4, 0.5) is 11.4 Å². The number of nitrogens with zero attached hydrogens (tertiary/aromatic N) is 2. The fourth-order valence-electron chi connectivity index (χ4n) is 7.03. The number of para-hydroxylation sites is 1. The fourth-order valence-corrected chi connectivity index (χ4v) is 8.13. The van der Waals surface area contributed by atoms with Gasteiger partial charge in [0.15, 0.2) is 6.73 Å². The van der Waals surface area contributed by atoms with Gasteiger partial charge in [-0.05, 0) is 105 Å². The summed E-state index contributed by atoms with van der Waals surface area (Å²) in [6, 6.07) is 29.2. The second kappa shape index (κ2) is 22.7. The lowest BCUT2D eigenvalue weighted by molar-refractivity contribution is -0.144. The number of ether oxygens (including phenoxy) is 4. The van der Waals surface area contributed by atoms with E-state index >= 15 is 0 Å². The number of sulfonamides is 1. The molecule has 68 heavy (non-hydrogen) atoms. The first-order valence-electron chi connectivity index (χ1n) is 21.8. The minimum Gasteiger partial charge on any atom is -0.508 e. The molecule has 0 aliphatic carbocycles. The Bertz CT molecular complexity index is 2920. The zero-order chi connectivity index (χ0) is 49.0. The Morgan fingerprint density at radius 1 is 0.882 bits per heavy atom. The van der Waals surface area contributed by atoms with Crippen molar-refractivity contribution in [1.29, 1.82) is 0 Å². The summed E-state index contributed by atoms with van der Waals surface area (Å²) in [6.45, 7) is 8.14. The summed E-state index contributed by atoms with van der Waals surface area (Å²) < 4.78 is 51.6. The molecule has 0 saturated heterocycles. The molecule has 1 aromatic heterocycles. The van der Waals surface area contributed by atoms with Gasteiger partial charge in [-0.25, -0.2) is 22.8 Å². The average Bonchev–Trinajstić information content (AvgIpc) is 3.91. The van der Waals surface area contributed by atoms with E-state index in [9.17, 15) is 33.0 Å². The summed E-state index contributed by atoms with van der Waals surface area (Å²) in [6.07, 6.45) is 5.75. The molecule has 356 valence electrons. The van der Waals surface area contributed by atoms with Crippen molar-refractivity contribution in [2.75, 3.05) is 37.6 Å². The minimum absolute atomic E-state index is 0.0768. The second-order valence-corrected chi connectivity index (χ2v) is 17.3. The fraction of sp³-hybridized carbons (Fsp3) is 0.255. The number of esters is 2. The largest absolute Gasteiger partial charge is 0.508 e. The number of benzene rings is 5. The van der Waals surface area contributed by atoms with Crippen molar-refractivity contribution in [3.05, 3.63) is 149 Å². The summed E-state index contributed by atoms with van der Waals surface area (Å²) >= 11 is 0. The number of hydrogen-bond acceptors (Lipinski definition) is 14. The van der Waals surface area contributed by atoms with Crippen LogP contribution in [0.15, 0.2) is 131 Å². The summed E-state index contributed by atoms with van der Waals surface area (Å²) in [5, 5.41) is 26.8. The Morgan fingerprint density at radius 2 is 1.60 bits per heavy atom. The van der Waals surface area contributed by atoms with Crippen LogP contribution in [0.5, 0.6) is 17.2 Å². The molecule has 7 rings (SSSR count). The highest BCUT2D eigenvalue weighted by Crippen LogP contribution is 2.31. The molecule has 17 heteroatoms. The molecule has 2 atom stereocenters. The number of nitrogens with one attached hydrogen (secondary N) is 2. The normalized spacial score (nSPS) is 13.7. The number of carbonyl (C=O) groups is 3. The molecule has 4 N–H and O–H groups in total. The number of rotatable bonds is 18. The standard InChI is InChI=1S/C34H33N3O9S.C17H21NO3/c1-21(43-3)16-17-45-33(39)24-8-7-9-27(18-24)47(41,42)36-26-14-12-23(13-15-26)31-29(34(40)46-35-31)19-25-20-37(22(2)32(38)44-4)30-11-6-5-10-28(25)30;1-3-12-7-13(4-2)9-15(8-12)21-11-18-16-10-14(19)5-6-17(16)20/h5-15,18-22,36H,16-17H2,1-4H3;5-10,18-20H,3-4,11H2,1-2H3. The van der Waals surface area contributed by atoms with E-state index in [4.69, 9.17) is 23.8 Å². The Hall–Kier alpha value is -7.63. The Morgan fingerprint density at radius 3 is 2.29 bits per heavy atom. The van der Waals surface area contributed by atoms with Crippen LogP contribution in [-0.4, -0.2) is 80.5 Å². The van der Waals surface area contributed by atoms with Gasteiger partial charge < -0.3 is 43.9 Å². The van der Waals surface area contributed by atoms with Crippen molar-refractivity contribution >= 4 is 62.0 Å². The Balaban J connectivity index is 0.000000302. The number of oxime groups is 1. The number of fused-ring (bicyclic) bond motifs is 1. The summed E-state index contributed by atoms with van der Waals surface area (Å²) in [4.78, 5) is 42.4. The molecule has 2 unspecified atom stereocenters. The van der Waals surface area contributed by atoms with Crippen LogP contribution in [-0.2, 0) is 51.5 Å². The number of phenols is 2. The quantitative estimate of drug-likeness (QED) is 0.0159. The molecule has 0 saturated carbocycles. The van der Waals surface area contributed by atoms with E-state index in [-0.39, 0.29) is 58.4 Å². The van der Waals surface area contributed by atoms with Crippen molar-refractivity contribution in [1.82, 2.24) is 4.57 Å². The molecule has 0 radical (unpaired) electrons. The highest BCUT2D eigenvalue weighted by molar-refractivity contribution is 7.92. The average molecular weight is 947 g/mol. The van der Waals surface area contributed by atoms with Crippen molar-refractivity contribution in [2.45, 2.75) is 64.0 Å². The first-order valence-corrected chi connectivity index (χ1v) is 23.3. The maximum Gasteiger partial charge on any atom is 0.368 e. The number of phenolic OH excluding ortho intramolecular Hbond substituents is 2. The lowest BCUT2D eigenvalue weighted by Crippen LogP contribution is -2.16. The maximum absolute atomic E-state index is 13.2. The van der Waals surface area contributed by atoms with Crippen LogP contribution in [0.2, 0.25) is 0 Å². The van der Waals surface area contributed by atoms with E-state index in [2.05, 4.69) is 35.1 Å². The molecule has 2 heterocycles. The molecule has 0 spiro atoms. The third kappa shape index (κ3) is 12.4. The van der Waals surface area contributed by atoms with Gasteiger partial charge in [0.2, 0.25) is 0 Å². The van der Waals surface area contributed by atoms with E-state index in [1.54, 1.807) is 43.0 Å². The zero-order valence-electron chi connectivity index (χ0n) is 38.5. The van der Waals surface area contributed by atoms with E-state index in [0.717, 1.165) is 29.5 Å². The van der Waals surface area contributed by atoms with E-state index in [1.165, 1.54) is 72.8 Å². The highest BCUT2D eigenvalue weighted by Gasteiger charge is 2.28. The third-order valence-corrected chi connectivity index (χ3v) is 12.4. The van der Waals surface area contributed by atoms with Crippen molar-refractivity contribution in [2.24, 2.45) is 5.16 Å². The molecule has 6 aromatic rings. The molecule has 1 aliphatic rings. The van der Waals surface area contributed by atoms with Gasteiger partial charge in [0.05, 0.1) is 41.5 Å². The summed E-state index contributed by atoms with van der Waals surface area (Å²) in [5.74, 6) is -0.742. The van der Waals surface area contributed by atoms with Gasteiger partial charge in [0.1, 0.15) is 29.0 Å². The van der Waals surface area contributed by atoms with E-state index < -0.39 is 34.0 Å². The van der Waals surface area contributed by atoms with Gasteiger partial charge in [0.25, 0.3) is 10.0 Å². The molecular formula is C51H54N4O12S. The predicted molar refractivity (Wildman–Crippen MR) is 258 cm³/mol. The third-order valence-electron chi connectivity index (χ3n) is 11.0. The number of methoxy groups -OCH3 is 2. The van der Waals surface area contributed by atoms with E-state index in [0.29, 0.717) is 23.2 Å². The van der Waals surface area contributed by atoms with Gasteiger partial charge in [0, 0.05) is 53.5 Å². The van der Waals surface area contributed by atoms with Crippen molar-refractivity contribution < 1.29 is 56.8 Å². The predicted octanol–water partition coefficient (Wildman–Crippen LogP) is 8.77. The van der Waals surface area contributed by atoms with Gasteiger partial charge in [-0.15, -0.1) is 0 Å². The van der Waals surface area contributed by atoms with Gasteiger partial charge >= 0.3 is 17.9 Å². The molecule has 0 amide bonds. The summed E-state index contributed by atoms with van der Waals surface area (Å²) in [5.41, 5.74) is 5.65. The Kier molecular flexibility index (Phi) is 16.6. The second-order valence-electron chi connectivity index (χ2n) is 15.6. The molecular weight excluding hydrogens is 893 g/mol. The van der Waals surface area contributed by atoms with Gasteiger partial charge in [-0.2, -0.15) is 0 Å². The first-order chi connectivity index (χ1) is 32.6. The molecule has 1 aliphatic heterocycles. The van der Waals surface area contributed by atoms with Crippen molar-refractivity contribution in [3.8, 4) is 17.2 Å². The monoisotopic (exact) mass is 946 g/mol. The number of carbonyl (C=O) groups excluding carboxylic acids is 3. The van der Waals surface area contributed by atoms with Gasteiger partial charge in [-0.1, -0.05) is 61.5 Å². The highest BCUT2D eigenvalue weighted by atomic mass is 32.2. The van der Waals surface area contributed by atoms with Crippen LogP contribution in [0, 0.1) is 0 Å². The molecule has 5 aromatic carbocycles. The van der Waals surface area contributed by atoms with Crippen LogP contribution in [0.3, 0.4) is 0 Å². The van der Waals surface area contributed by atoms with Crippen LogP contribution < -0.4 is 14.8 Å². The molecule has 16 nitrogen and oxygen atoms in total. The van der Waals surface area contributed by atoms with Crippen LogP contribution >= 0.6 is 0 Å². The van der Waals surface area contributed by atoms with Crippen LogP contribution in [0.1, 0.15) is 72.8 Å². The lowest BCUT2D eigenvalue weighted by Gasteiger charge is -2.12. The number of anilines is 2. The minimum atomic E-state index is -4.07. The van der Waals surface area contributed by atoms with E-state index in [1.807, 2.05) is 43.3 Å². The Labute approximate surface area is 394 Å². The maximum atomic E-state index is 13.2. The molecule has 0 bridgehead atoms. The number of aromatic nitrogens is 1. The number of aryl methyl sites for hydroxylation is 2. The van der Waals surface area contributed by atoms with Crippen LogP contribution in [0.25, 0.3) is 17.0 Å². The number of hydrogen-bond donors (Lipinski definition) is 4. The summed E-state index contributed by atoms with van der Waals surface area (Å²) in [7, 11) is -1.18. The zero-order valence-corrected chi connectivity index (χ0v) is 39.3. The topological polar surface area (TPSA) is 213 Å².